The van der Waals surface area contributed by atoms with Gasteiger partial charge in [0.2, 0.25) is 5.91 Å². The van der Waals surface area contributed by atoms with Crippen LogP contribution >= 0.6 is 0 Å². The molecule has 0 saturated carbocycles. The molecule has 0 spiro atoms. The first-order chi connectivity index (χ1) is 11.5. The van der Waals surface area contributed by atoms with Crippen LogP contribution in [0.1, 0.15) is 36.1 Å². The lowest BCUT2D eigenvalue weighted by Gasteiger charge is -2.24. The van der Waals surface area contributed by atoms with Gasteiger partial charge in [-0.1, -0.05) is 12.1 Å². The van der Waals surface area contributed by atoms with Crippen molar-refractivity contribution < 1.29 is 19.4 Å². The van der Waals surface area contributed by atoms with Gasteiger partial charge in [-0.2, -0.15) is 5.10 Å². The van der Waals surface area contributed by atoms with E-state index in [0.29, 0.717) is 12.4 Å². The van der Waals surface area contributed by atoms with Gasteiger partial charge in [0.25, 0.3) is 0 Å². The highest BCUT2D eigenvalue weighted by Crippen LogP contribution is 2.39. The molecule has 7 heteroatoms. The number of hydrogen-bond donors (Lipinski definition) is 2. The summed E-state index contributed by atoms with van der Waals surface area (Å²) in [6, 6.07) is 6.85. The first kappa shape index (κ1) is 16.0. The number of ether oxygens (including phenoxy) is 1. The summed E-state index contributed by atoms with van der Waals surface area (Å²) in [5.41, 5.74) is 2.44. The van der Waals surface area contributed by atoms with E-state index in [-0.39, 0.29) is 30.5 Å². The van der Waals surface area contributed by atoms with E-state index in [0.717, 1.165) is 16.8 Å². The van der Waals surface area contributed by atoms with Crippen LogP contribution < -0.4 is 5.32 Å². The van der Waals surface area contributed by atoms with Gasteiger partial charge in [0, 0.05) is 17.9 Å². The summed E-state index contributed by atoms with van der Waals surface area (Å²) in [6.07, 6.45) is 0.266. The summed E-state index contributed by atoms with van der Waals surface area (Å²) in [7, 11) is 0. The summed E-state index contributed by atoms with van der Waals surface area (Å²) in [4.78, 5) is 23.9. The van der Waals surface area contributed by atoms with Crippen molar-refractivity contribution in [2.75, 3.05) is 11.9 Å². The molecule has 1 aromatic heterocycles. The molecule has 0 fully saturated rings. The number of amides is 1. The van der Waals surface area contributed by atoms with E-state index in [1.807, 2.05) is 13.0 Å². The topological polar surface area (TPSA) is 93.5 Å². The number of carbonyl (C=O) groups excluding carboxylic acids is 2. The van der Waals surface area contributed by atoms with E-state index in [1.165, 1.54) is 4.68 Å². The molecule has 7 nitrogen and oxygen atoms in total. The highest BCUT2D eigenvalue weighted by atomic mass is 16.5. The van der Waals surface area contributed by atoms with Gasteiger partial charge in [0.1, 0.15) is 18.1 Å². The van der Waals surface area contributed by atoms with E-state index in [4.69, 9.17) is 4.74 Å². The van der Waals surface area contributed by atoms with Crippen LogP contribution in [0.25, 0.3) is 0 Å². The number of phenolic OH excluding ortho intramolecular Hbond substituents is 1. The van der Waals surface area contributed by atoms with Gasteiger partial charge in [-0.15, -0.1) is 0 Å². The van der Waals surface area contributed by atoms with E-state index in [1.54, 1.807) is 25.1 Å². The van der Waals surface area contributed by atoms with Crippen molar-refractivity contribution in [2.45, 2.75) is 32.7 Å². The molecule has 24 heavy (non-hydrogen) atoms. The van der Waals surface area contributed by atoms with Crippen molar-refractivity contribution in [1.29, 1.82) is 0 Å². The molecule has 2 heterocycles. The van der Waals surface area contributed by atoms with Crippen molar-refractivity contribution >= 4 is 17.7 Å². The number of phenols is 1. The van der Waals surface area contributed by atoms with Crippen molar-refractivity contribution in [3.8, 4) is 5.75 Å². The summed E-state index contributed by atoms with van der Waals surface area (Å²) >= 11 is 0. The monoisotopic (exact) mass is 329 g/mol. The molecule has 2 aromatic rings. The van der Waals surface area contributed by atoms with E-state index in [9.17, 15) is 14.7 Å². The Balaban J connectivity index is 2.02. The van der Waals surface area contributed by atoms with Gasteiger partial charge in [0.05, 0.1) is 12.3 Å². The van der Waals surface area contributed by atoms with Crippen LogP contribution in [0.4, 0.5) is 5.82 Å². The second kappa shape index (κ2) is 6.35. The number of aromatic nitrogens is 2. The number of nitrogens with zero attached hydrogens (tertiary/aromatic N) is 2. The zero-order valence-corrected chi connectivity index (χ0v) is 13.6. The van der Waals surface area contributed by atoms with Gasteiger partial charge in [-0.05, 0) is 31.5 Å². The number of aromatic hydroxyl groups is 1. The molecule has 3 rings (SSSR count). The van der Waals surface area contributed by atoms with E-state index < -0.39 is 5.97 Å². The molecule has 1 aromatic carbocycles. The van der Waals surface area contributed by atoms with E-state index >= 15 is 0 Å². The molecule has 126 valence electrons. The minimum atomic E-state index is -0.406. The lowest BCUT2D eigenvalue weighted by atomic mass is 9.86. The minimum absolute atomic E-state index is 0.0585. The Morgan fingerprint density at radius 3 is 3.00 bits per heavy atom. The molecular formula is C17H19N3O4. The molecule has 1 atom stereocenters. The first-order valence-corrected chi connectivity index (χ1v) is 7.81. The quantitative estimate of drug-likeness (QED) is 0.836. The average Bonchev–Trinajstić information content (AvgIpc) is 2.82. The maximum Gasteiger partial charge on any atom is 0.327 e. The Hall–Kier alpha value is -2.83. The number of rotatable bonds is 4. The Kier molecular flexibility index (Phi) is 4.24. The Labute approximate surface area is 139 Å². The van der Waals surface area contributed by atoms with Crippen LogP contribution in [0.3, 0.4) is 0 Å². The van der Waals surface area contributed by atoms with Crippen molar-refractivity contribution in [2.24, 2.45) is 0 Å². The third-order valence-corrected chi connectivity index (χ3v) is 4.03. The number of benzene rings is 1. The molecule has 0 radical (unpaired) electrons. The number of carbonyl (C=O) groups is 2. The number of anilines is 1. The van der Waals surface area contributed by atoms with Crippen LogP contribution in [0.15, 0.2) is 24.3 Å². The normalized spacial score (nSPS) is 16.4. The van der Waals surface area contributed by atoms with Gasteiger partial charge in [0.15, 0.2) is 0 Å². The van der Waals surface area contributed by atoms with Crippen molar-refractivity contribution in [1.82, 2.24) is 9.78 Å². The van der Waals surface area contributed by atoms with Crippen LogP contribution in [-0.2, 0) is 20.9 Å². The number of fused-ring (bicyclic) bond motifs is 1. The highest BCUT2D eigenvalue weighted by Gasteiger charge is 2.32. The molecule has 0 saturated heterocycles. The van der Waals surface area contributed by atoms with Gasteiger partial charge in [-0.25, -0.2) is 4.68 Å². The second-order valence-corrected chi connectivity index (χ2v) is 5.71. The smallest absolute Gasteiger partial charge is 0.327 e. The second-order valence-electron chi connectivity index (χ2n) is 5.71. The van der Waals surface area contributed by atoms with E-state index in [2.05, 4.69) is 10.4 Å². The number of nitrogens with one attached hydrogen (secondary N) is 1. The molecular weight excluding hydrogens is 310 g/mol. The summed E-state index contributed by atoms with van der Waals surface area (Å²) in [5.74, 6) is -0.101. The Bertz CT molecular complexity index is 797. The maximum atomic E-state index is 12.1. The predicted molar refractivity (Wildman–Crippen MR) is 86.8 cm³/mol. The third kappa shape index (κ3) is 2.97. The van der Waals surface area contributed by atoms with Gasteiger partial charge >= 0.3 is 5.97 Å². The lowest BCUT2D eigenvalue weighted by Crippen LogP contribution is -2.26. The van der Waals surface area contributed by atoms with Crippen LogP contribution in [0.5, 0.6) is 5.75 Å². The molecule has 1 aliphatic heterocycles. The third-order valence-electron chi connectivity index (χ3n) is 4.03. The minimum Gasteiger partial charge on any atom is -0.508 e. The summed E-state index contributed by atoms with van der Waals surface area (Å²) in [6.45, 7) is 3.81. The molecule has 1 unspecified atom stereocenters. The Morgan fingerprint density at radius 2 is 2.29 bits per heavy atom. The van der Waals surface area contributed by atoms with Gasteiger partial charge < -0.3 is 15.2 Å². The highest BCUT2D eigenvalue weighted by molar-refractivity contribution is 5.95. The zero-order valence-electron chi connectivity index (χ0n) is 13.6. The molecule has 2 N–H and O–H groups in total. The number of aryl methyl sites for hydroxylation is 1. The first-order valence-electron chi connectivity index (χ1n) is 7.81. The Morgan fingerprint density at radius 1 is 1.50 bits per heavy atom. The standard InChI is InChI=1S/C17H19N3O4/c1-3-24-15(23)9-20-17-16(10(2)19-20)13(8-14(22)18-17)11-5-4-6-12(21)7-11/h4-7,13,21H,3,8-9H2,1-2H3,(H,18,22). The fraction of sp³-hybridized carbons (Fsp3) is 0.353. The zero-order chi connectivity index (χ0) is 17.3. The van der Waals surface area contributed by atoms with Crippen molar-refractivity contribution in [3.63, 3.8) is 0 Å². The summed E-state index contributed by atoms with van der Waals surface area (Å²) in [5, 5.41) is 16.9. The number of esters is 1. The molecule has 0 bridgehead atoms. The molecule has 0 aliphatic carbocycles. The fourth-order valence-corrected chi connectivity index (χ4v) is 3.08. The summed E-state index contributed by atoms with van der Waals surface area (Å²) < 4.78 is 6.42. The van der Waals surface area contributed by atoms with Crippen molar-refractivity contribution in [3.05, 3.63) is 41.1 Å². The van der Waals surface area contributed by atoms with Crippen LogP contribution in [-0.4, -0.2) is 33.4 Å². The van der Waals surface area contributed by atoms with Gasteiger partial charge in [-0.3, -0.25) is 9.59 Å². The predicted octanol–water partition coefficient (Wildman–Crippen LogP) is 1.93. The fourth-order valence-electron chi connectivity index (χ4n) is 3.08. The molecule has 1 aliphatic rings. The number of hydrogen-bond acceptors (Lipinski definition) is 5. The van der Waals surface area contributed by atoms with Crippen LogP contribution in [0, 0.1) is 6.92 Å². The largest absolute Gasteiger partial charge is 0.508 e. The average molecular weight is 329 g/mol. The SMILES string of the molecule is CCOC(=O)Cn1nc(C)c2c1NC(=O)CC2c1cccc(O)c1. The van der Waals surface area contributed by atoms with Crippen LogP contribution in [0.2, 0.25) is 0 Å². The molecule has 1 amide bonds. The maximum absolute atomic E-state index is 12.1. The lowest BCUT2D eigenvalue weighted by molar-refractivity contribution is -0.144.